The Bertz CT molecular complexity index is 908. The fourth-order valence-corrected chi connectivity index (χ4v) is 3.46. The first kappa shape index (κ1) is 20.6. The van der Waals surface area contributed by atoms with Gasteiger partial charge in [0.1, 0.15) is 0 Å². The second-order valence-corrected chi connectivity index (χ2v) is 7.39. The number of para-hydroxylation sites is 2. The van der Waals surface area contributed by atoms with E-state index in [-0.39, 0.29) is 29.3 Å². The lowest BCUT2D eigenvalue weighted by Crippen LogP contribution is -2.45. The number of carbonyl (C=O) groups excluding carboxylic acids is 2. The number of hydrogen-bond donors (Lipinski definition) is 2. The third-order valence-electron chi connectivity index (χ3n) is 5.35. The smallest absolute Gasteiger partial charge is 0.356 e. The normalized spacial score (nSPS) is 17.6. The molecule has 1 saturated heterocycles. The van der Waals surface area contributed by atoms with Gasteiger partial charge in [-0.1, -0.05) is 26.0 Å². The van der Waals surface area contributed by atoms with E-state index in [0.29, 0.717) is 24.5 Å². The van der Waals surface area contributed by atoms with E-state index in [1.165, 1.54) is 10.7 Å². The molecule has 2 amide bonds. The number of nitrogens with one attached hydrogen (secondary N) is 1. The Balaban J connectivity index is 1.74. The molecule has 0 saturated carbocycles. The van der Waals surface area contributed by atoms with E-state index >= 15 is 0 Å². The minimum atomic E-state index is -1.11. The van der Waals surface area contributed by atoms with Crippen molar-refractivity contribution in [3.05, 3.63) is 42.2 Å². The molecular formula is C21H26N4O4. The van der Waals surface area contributed by atoms with Crippen LogP contribution < -0.4 is 5.32 Å². The molecule has 2 atom stereocenters. The molecule has 1 aromatic carbocycles. The second kappa shape index (κ2) is 8.89. The van der Waals surface area contributed by atoms with Gasteiger partial charge >= 0.3 is 5.97 Å². The summed E-state index contributed by atoms with van der Waals surface area (Å²) in [5.41, 5.74) is 1.05. The van der Waals surface area contributed by atoms with Crippen molar-refractivity contribution < 1.29 is 19.5 Å². The van der Waals surface area contributed by atoms with Gasteiger partial charge in [-0.05, 0) is 37.5 Å². The zero-order valence-electron chi connectivity index (χ0n) is 16.7. The maximum atomic E-state index is 12.9. The van der Waals surface area contributed by atoms with E-state index in [1.54, 1.807) is 35.4 Å². The highest BCUT2D eigenvalue weighted by Crippen LogP contribution is 2.24. The van der Waals surface area contributed by atoms with Gasteiger partial charge in [0.15, 0.2) is 5.69 Å². The zero-order chi connectivity index (χ0) is 21.0. The summed E-state index contributed by atoms with van der Waals surface area (Å²) in [6, 6.07) is 8.50. The molecule has 1 aliphatic rings. The van der Waals surface area contributed by atoms with Gasteiger partial charge in [0.05, 0.1) is 17.3 Å². The van der Waals surface area contributed by atoms with Gasteiger partial charge in [-0.25, -0.2) is 9.48 Å². The predicted octanol–water partition coefficient (Wildman–Crippen LogP) is 2.79. The molecule has 8 heteroatoms. The molecule has 1 aliphatic heterocycles. The SMILES string of the molecule is CCC(C)C(=O)N1CCCC(C(=O)Nc2ccccc2-n2ccc(C(=O)O)n2)C1. The highest BCUT2D eigenvalue weighted by Gasteiger charge is 2.30. The van der Waals surface area contributed by atoms with Crippen LogP contribution in [0.1, 0.15) is 43.6 Å². The summed E-state index contributed by atoms with van der Waals surface area (Å²) in [4.78, 5) is 38.3. The van der Waals surface area contributed by atoms with E-state index < -0.39 is 5.97 Å². The van der Waals surface area contributed by atoms with Crippen LogP contribution in [0.25, 0.3) is 5.69 Å². The van der Waals surface area contributed by atoms with Crippen molar-refractivity contribution in [1.82, 2.24) is 14.7 Å². The number of hydrogen-bond acceptors (Lipinski definition) is 4. The van der Waals surface area contributed by atoms with Gasteiger partial charge in [0, 0.05) is 25.2 Å². The van der Waals surface area contributed by atoms with Gasteiger partial charge < -0.3 is 15.3 Å². The minimum absolute atomic E-state index is 0.0409. The average Bonchev–Trinajstić information content (AvgIpc) is 3.23. The summed E-state index contributed by atoms with van der Waals surface area (Å²) in [5.74, 6) is -1.48. The number of carbonyl (C=O) groups is 3. The predicted molar refractivity (Wildman–Crippen MR) is 108 cm³/mol. The number of aromatic carboxylic acids is 1. The minimum Gasteiger partial charge on any atom is -0.476 e. The molecule has 2 N–H and O–H groups in total. The number of likely N-dealkylation sites (tertiary alicyclic amines) is 1. The molecule has 0 spiro atoms. The highest BCUT2D eigenvalue weighted by molar-refractivity contribution is 5.95. The molecule has 2 aromatic rings. The number of nitrogens with zero attached hydrogens (tertiary/aromatic N) is 3. The van der Waals surface area contributed by atoms with Gasteiger partial charge in [0.25, 0.3) is 0 Å². The van der Waals surface area contributed by atoms with E-state index in [9.17, 15) is 14.4 Å². The summed E-state index contributed by atoms with van der Waals surface area (Å²) >= 11 is 0. The fraction of sp³-hybridized carbons (Fsp3) is 0.429. The van der Waals surface area contributed by atoms with Crippen molar-refractivity contribution in [2.24, 2.45) is 11.8 Å². The van der Waals surface area contributed by atoms with Crippen LogP contribution in [0.3, 0.4) is 0 Å². The van der Waals surface area contributed by atoms with Crippen LogP contribution in [0.2, 0.25) is 0 Å². The average molecular weight is 398 g/mol. The van der Waals surface area contributed by atoms with E-state index in [0.717, 1.165) is 19.3 Å². The number of anilines is 1. The summed E-state index contributed by atoms with van der Waals surface area (Å²) in [6.07, 6.45) is 3.84. The Hall–Kier alpha value is -3.16. The number of piperidine rings is 1. The van der Waals surface area contributed by atoms with Crippen LogP contribution in [0.15, 0.2) is 36.5 Å². The molecular weight excluding hydrogens is 372 g/mol. The first-order chi connectivity index (χ1) is 13.9. The van der Waals surface area contributed by atoms with Crippen LogP contribution in [-0.4, -0.2) is 50.7 Å². The van der Waals surface area contributed by atoms with Crippen LogP contribution in [0, 0.1) is 11.8 Å². The van der Waals surface area contributed by atoms with Gasteiger partial charge in [-0.3, -0.25) is 9.59 Å². The lowest BCUT2D eigenvalue weighted by molar-refractivity contribution is -0.138. The van der Waals surface area contributed by atoms with E-state index in [1.807, 2.05) is 13.8 Å². The topological polar surface area (TPSA) is 105 Å². The molecule has 154 valence electrons. The molecule has 8 nitrogen and oxygen atoms in total. The summed E-state index contributed by atoms with van der Waals surface area (Å²) < 4.78 is 1.43. The second-order valence-electron chi connectivity index (χ2n) is 7.39. The van der Waals surface area contributed by atoms with Crippen LogP contribution >= 0.6 is 0 Å². The fourth-order valence-electron chi connectivity index (χ4n) is 3.46. The summed E-state index contributed by atoms with van der Waals surface area (Å²) in [5, 5.41) is 16.1. The largest absolute Gasteiger partial charge is 0.476 e. The lowest BCUT2D eigenvalue weighted by Gasteiger charge is -2.33. The molecule has 2 heterocycles. The van der Waals surface area contributed by atoms with Crippen LogP contribution in [-0.2, 0) is 9.59 Å². The number of benzene rings is 1. The Morgan fingerprint density at radius 3 is 2.72 bits per heavy atom. The van der Waals surface area contributed by atoms with Gasteiger partial charge in [-0.15, -0.1) is 0 Å². The van der Waals surface area contributed by atoms with Crippen LogP contribution in [0.5, 0.6) is 0 Å². The maximum absolute atomic E-state index is 12.9. The van der Waals surface area contributed by atoms with Crippen molar-refractivity contribution >= 4 is 23.5 Å². The van der Waals surface area contributed by atoms with Crippen molar-refractivity contribution in [2.75, 3.05) is 18.4 Å². The molecule has 0 radical (unpaired) electrons. The van der Waals surface area contributed by atoms with Gasteiger partial charge in [0.2, 0.25) is 11.8 Å². The first-order valence-electron chi connectivity index (χ1n) is 9.88. The van der Waals surface area contributed by atoms with E-state index in [2.05, 4.69) is 10.4 Å². The number of aromatic nitrogens is 2. The molecule has 3 rings (SSSR count). The van der Waals surface area contributed by atoms with Crippen molar-refractivity contribution in [3.8, 4) is 5.69 Å². The molecule has 1 fully saturated rings. The Kier molecular flexibility index (Phi) is 6.31. The lowest BCUT2D eigenvalue weighted by atomic mass is 9.95. The zero-order valence-corrected chi connectivity index (χ0v) is 16.7. The monoisotopic (exact) mass is 398 g/mol. The first-order valence-corrected chi connectivity index (χ1v) is 9.88. The summed E-state index contributed by atoms with van der Waals surface area (Å²) in [6.45, 7) is 5.01. The number of carboxylic acid groups (broad SMARTS) is 1. The number of carboxylic acids is 1. The third kappa shape index (κ3) is 4.64. The van der Waals surface area contributed by atoms with Crippen LogP contribution in [0.4, 0.5) is 5.69 Å². The Labute approximate surface area is 169 Å². The maximum Gasteiger partial charge on any atom is 0.356 e. The third-order valence-corrected chi connectivity index (χ3v) is 5.35. The summed E-state index contributed by atoms with van der Waals surface area (Å²) in [7, 11) is 0. The Morgan fingerprint density at radius 2 is 2.03 bits per heavy atom. The van der Waals surface area contributed by atoms with Crippen molar-refractivity contribution in [2.45, 2.75) is 33.1 Å². The number of amides is 2. The standard InChI is InChI=1S/C21H26N4O4/c1-3-14(2)20(27)24-11-6-7-15(13-24)19(26)22-16-8-4-5-9-18(16)25-12-10-17(23-25)21(28)29/h4-5,8-10,12,14-15H,3,6-7,11,13H2,1-2H3,(H,22,26)(H,28,29). The molecule has 1 aromatic heterocycles. The molecule has 29 heavy (non-hydrogen) atoms. The van der Waals surface area contributed by atoms with Crippen molar-refractivity contribution in [1.29, 1.82) is 0 Å². The number of rotatable bonds is 6. The quantitative estimate of drug-likeness (QED) is 0.779. The Morgan fingerprint density at radius 1 is 1.28 bits per heavy atom. The van der Waals surface area contributed by atoms with E-state index in [4.69, 9.17) is 5.11 Å². The molecule has 2 unspecified atom stereocenters. The molecule has 0 bridgehead atoms. The highest BCUT2D eigenvalue weighted by atomic mass is 16.4. The molecule has 0 aliphatic carbocycles. The van der Waals surface area contributed by atoms with Gasteiger partial charge in [-0.2, -0.15) is 5.10 Å². The van der Waals surface area contributed by atoms with Crippen molar-refractivity contribution in [3.63, 3.8) is 0 Å².